The zero-order valence-corrected chi connectivity index (χ0v) is 17.4. The van der Waals surface area contributed by atoms with E-state index in [1.165, 1.54) is 27.0 Å². The first kappa shape index (κ1) is 21.0. The molecule has 1 amide bonds. The zero-order valence-electron chi connectivity index (χ0n) is 17.4. The summed E-state index contributed by atoms with van der Waals surface area (Å²) in [6.45, 7) is 11.0. The van der Waals surface area contributed by atoms with Gasteiger partial charge in [-0.05, 0) is 31.9 Å². The molecule has 0 bridgehead atoms. The summed E-state index contributed by atoms with van der Waals surface area (Å²) in [6.07, 6.45) is 0. The number of carbonyl (C=O) groups excluding carboxylic acids is 1. The number of amides is 1. The third-order valence-corrected chi connectivity index (χ3v) is 5.79. The van der Waals surface area contributed by atoms with Crippen molar-refractivity contribution in [3.63, 3.8) is 0 Å². The lowest BCUT2D eigenvalue weighted by Gasteiger charge is -2.29. The summed E-state index contributed by atoms with van der Waals surface area (Å²) in [5.74, 6) is -0.168. The molecule has 0 radical (unpaired) electrons. The summed E-state index contributed by atoms with van der Waals surface area (Å²) in [4.78, 5) is 26.2. The van der Waals surface area contributed by atoms with E-state index in [0.717, 1.165) is 43.9 Å². The predicted octanol–water partition coefficient (Wildman–Crippen LogP) is 0.442. The van der Waals surface area contributed by atoms with Gasteiger partial charge in [0.25, 0.3) is 11.6 Å². The molecular formula is C22H30N4O3+2. The molecule has 1 aliphatic heterocycles. The summed E-state index contributed by atoms with van der Waals surface area (Å²) < 4.78 is 0. The van der Waals surface area contributed by atoms with Crippen molar-refractivity contribution in [2.24, 2.45) is 0 Å². The van der Waals surface area contributed by atoms with Crippen LogP contribution >= 0.6 is 0 Å². The molecule has 0 saturated carbocycles. The van der Waals surface area contributed by atoms with Crippen LogP contribution in [0.4, 0.5) is 11.4 Å². The first-order valence-corrected chi connectivity index (χ1v) is 10.1. The molecule has 2 aromatic rings. The van der Waals surface area contributed by atoms with E-state index >= 15 is 0 Å². The quantitative estimate of drug-likeness (QED) is 0.488. The van der Waals surface area contributed by atoms with Crippen molar-refractivity contribution in [3.05, 3.63) is 68.8 Å². The number of nitrogens with zero attached hydrogens (tertiary/aromatic N) is 1. The molecule has 2 aromatic carbocycles. The predicted molar refractivity (Wildman–Crippen MR) is 112 cm³/mol. The molecule has 0 aliphatic carbocycles. The highest BCUT2D eigenvalue weighted by Crippen LogP contribution is 2.29. The van der Waals surface area contributed by atoms with Crippen molar-refractivity contribution < 1.29 is 19.5 Å². The van der Waals surface area contributed by atoms with Crippen molar-refractivity contribution in [2.45, 2.75) is 27.3 Å². The molecule has 0 atom stereocenters. The van der Waals surface area contributed by atoms with Crippen LogP contribution in [0.1, 0.15) is 22.3 Å². The number of benzene rings is 2. The van der Waals surface area contributed by atoms with Crippen LogP contribution in [0.25, 0.3) is 0 Å². The fraction of sp³-hybridized carbons (Fsp3) is 0.409. The number of rotatable bonds is 6. The number of aryl methyl sites for hydroxylation is 2. The molecule has 7 nitrogen and oxygen atoms in total. The first-order valence-electron chi connectivity index (χ1n) is 10.1. The lowest BCUT2D eigenvalue weighted by Crippen LogP contribution is -3.28. The Morgan fingerprint density at radius 1 is 1.07 bits per heavy atom. The molecule has 1 aliphatic rings. The van der Waals surface area contributed by atoms with Crippen LogP contribution in [0.3, 0.4) is 0 Å². The molecule has 154 valence electrons. The van der Waals surface area contributed by atoms with Gasteiger partial charge in [0.2, 0.25) is 0 Å². The largest absolute Gasteiger partial charge is 0.322 e. The normalized spacial score (nSPS) is 19.0. The first-order chi connectivity index (χ1) is 13.8. The van der Waals surface area contributed by atoms with Gasteiger partial charge in [-0.25, -0.2) is 0 Å². The van der Waals surface area contributed by atoms with Gasteiger partial charge in [0.05, 0.1) is 4.92 Å². The second-order valence-corrected chi connectivity index (χ2v) is 8.05. The minimum atomic E-state index is -0.442. The topological polar surface area (TPSA) is 81.1 Å². The third-order valence-electron chi connectivity index (χ3n) is 5.79. The van der Waals surface area contributed by atoms with E-state index in [9.17, 15) is 14.9 Å². The maximum absolute atomic E-state index is 12.6. The number of nitro benzene ring substituents is 1. The smallest absolute Gasteiger partial charge is 0.293 e. The van der Waals surface area contributed by atoms with Crippen LogP contribution in [0.5, 0.6) is 0 Å². The highest BCUT2D eigenvalue weighted by molar-refractivity contribution is 5.95. The number of piperazine rings is 1. The maximum Gasteiger partial charge on any atom is 0.293 e. The van der Waals surface area contributed by atoms with E-state index in [-0.39, 0.29) is 11.6 Å². The fourth-order valence-electron chi connectivity index (χ4n) is 3.94. The lowest BCUT2D eigenvalue weighted by atomic mass is 10.1. The summed E-state index contributed by atoms with van der Waals surface area (Å²) >= 11 is 0. The van der Waals surface area contributed by atoms with Gasteiger partial charge in [0, 0.05) is 11.6 Å². The average Bonchev–Trinajstić information content (AvgIpc) is 2.67. The van der Waals surface area contributed by atoms with E-state index in [4.69, 9.17) is 0 Å². The van der Waals surface area contributed by atoms with Crippen LogP contribution < -0.4 is 15.1 Å². The van der Waals surface area contributed by atoms with Gasteiger partial charge in [-0.1, -0.05) is 35.9 Å². The number of anilines is 1. The van der Waals surface area contributed by atoms with E-state index < -0.39 is 4.92 Å². The number of quaternary nitrogens is 2. The molecule has 1 saturated heterocycles. The highest BCUT2D eigenvalue weighted by Gasteiger charge is 2.26. The van der Waals surface area contributed by atoms with Crippen molar-refractivity contribution in [1.82, 2.24) is 0 Å². The molecule has 3 N–H and O–H groups in total. The van der Waals surface area contributed by atoms with E-state index in [0.29, 0.717) is 12.2 Å². The van der Waals surface area contributed by atoms with Crippen molar-refractivity contribution in [2.75, 3.05) is 38.0 Å². The maximum atomic E-state index is 12.6. The second-order valence-electron chi connectivity index (χ2n) is 8.05. The Morgan fingerprint density at radius 2 is 1.76 bits per heavy atom. The van der Waals surface area contributed by atoms with Gasteiger partial charge in [0.15, 0.2) is 6.54 Å². The Hall–Kier alpha value is -2.77. The minimum Gasteiger partial charge on any atom is -0.322 e. The molecule has 0 aromatic heterocycles. The Bertz CT molecular complexity index is 905. The summed E-state index contributed by atoms with van der Waals surface area (Å²) in [7, 11) is 0. The molecule has 7 heteroatoms. The van der Waals surface area contributed by atoms with Gasteiger partial charge in [-0.2, -0.15) is 0 Å². The number of hydrogen-bond acceptors (Lipinski definition) is 3. The number of nitro groups is 1. The summed E-state index contributed by atoms with van der Waals surface area (Å²) in [6, 6.07) is 11.8. The van der Waals surface area contributed by atoms with Crippen LogP contribution in [-0.2, 0) is 11.3 Å². The number of hydrogen-bond donors (Lipinski definition) is 3. The van der Waals surface area contributed by atoms with Crippen molar-refractivity contribution in [1.29, 1.82) is 0 Å². The van der Waals surface area contributed by atoms with Crippen LogP contribution in [-0.4, -0.2) is 43.6 Å². The average molecular weight is 399 g/mol. The second kappa shape index (κ2) is 9.15. The minimum absolute atomic E-state index is 0.0520. The number of nitrogens with one attached hydrogen (secondary N) is 3. The third kappa shape index (κ3) is 5.40. The van der Waals surface area contributed by atoms with Gasteiger partial charge in [0.1, 0.15) is 38.4 Å². The summed E-state index contributed by atoms with van der Waals surface area (Å²) in [5.41, 5.74) is 4.57. The summed E-state index contributed by atoms with van der Waals surface area (Å²) in [5, 5.41) is 14.1. The SMILES string of the molecule is Cc1cccc(C[NH+]2CC[NH+](CC(=O)Nc3c([N+](=O)[O-])ccc(C)c3C)CC2)c1. The Labute approximate surface area is 171 Å². The Balaban J connectivity index is 1.54. The monoisotopic (exact) mass is 398 g/mol. The van der Waals surface area contributed by atoms with Crippen molar-refractivity contribution in [3.8, 4) is 0 Å². The fourth-order valence-corrected chi connectivity index (χ4v) is 3.94. The van der Waals surface area contributed by atoms with Crippen molar-refractivity contribution >= 4 is 17.3 Å². The van der Waals surface area contributed by atoms with Crippen LogP contribution in [0.2, 0.25) is 0 Å². The molecule has 1 heterocycles. The van der Waals surface area contributed by atoms with Crippen LogP contribution in [0, 0.1) is 30.9 Å². The van der Waals surface area contributed by atoms with Gasteiger partial charge in [-0.15, -0.1) is 0 Å². The Kier molecular flexibility index (Phi) is 6.61. The molecule has 29 heavy (non-hydrogen) atoms. The highest BCUT2D eigenvalue weighted by atomic mass is 16.6. The molecule has 0 spiro atoms. The van der Waals surface area contributed by atoms with E-state index in [2.05, 4.69) is 36.5 Å². The molecular weight excluding hydrogens is 368 g/mol. The number of carbonyl (C=O) groups is 1. The zero-order chi connectivity index (χ0) is 21.0. The lowest BCUT2D eigenvalue weighted by molar-refractivity contribution is -1.02. The Morgan fingerprint density at radius 3 is 2.41 bits per heavy atom. The standard InChI is InChI=1S/C22H28N4O3/c1-16-5-4-6-19(13-16)14-24-9-11-25(12-10-24)15-21(27)23-22-18(3)17(2)7-8-20(22)26(28)29/h4-8,13H,9-12,14-15H2,1-3H3,(H,23,27)/p+2. The van der Waals surface area contributed by atoms with Gasteiger partial charge in [-0.3, -0.25) is 14.9 Å². The van der Waals surface area contributed by atoms with Gasteiger partial charge >= 0.3 is 0 Å². The molecule has 0 unspecified atom stereocenters. The van der Waals surface area contributed by atoms with Gasteiger partial charge < -0.3 is 15.1 Å². The molecule has 1 fully saturated rings. The van der Waals surface area contributed by atoms with E-state index in [1.54, 1.807) is 13.0 Å². The molecule has 3 rings (SSSR count). The van der Waals surface area contributed by atoms with E-state index in [1.807, 2.05) is 6.92 Å². The van der Waals surface area contributed by atoms with Crippen LogP contribution in [0.15, 0.2) is 36.4 Å².